The quantitative estimate of drug-likeness (QED) is 0.697. The summed E-state index contributed by atoms with van der Waals surface area (Å²) in [5.41, 5.74) is 7.81. The summed E-state index contributed by atoms with van der Waals surface area (Å²) in [5, 5.41) is 5.94. The van der Waals surface area contributed by atoms with E-state index in [0.717, 1.165) is 30.5 Å². The highest BCUT2D eigenvalue weighted by molar-refractivity contribution is 5.89. The van der Waals surface area contributed by atoms with E-state index in [2.05, 4.69) is 10.6 Å². The number of nitrogens with one attached hydrogen (secondary N) is 2. The molecular weight excluding hydrogens is 328 g/mol. The molecule has 0 saturated heterocycles. The van der Waals surface area contributed by atoms with E-state index in [-0.39, 0.29) is 24.0 Å². The standard InChI is InChI=1S/C20H32N4O2/c1-4-24(5-2)20(26)23-17-11-9-15(10-12-17)14(3)22-19(25)13-16-7-6-8-18(16)21/h9-12,14,16,18H,4-8,13,21H2,1-3H3,(H,22,25)(H,23,26)/t14?,16-,18+/m0/s1. The largest absolute Gasteiger partial charge is 0.350 e. The Morgan fingerprint density at radius 3 is 2.38 bits per heavy atom. The molecule has 4 N–H and O–H groups in total. The zero-order valence-electron chi connectivity index (χ0n) is 16.1. The molecule has 1 aromatic rings. The summed E-state index contributed by atoms with van der Waals surface area (Å²) >= 11 is 0. The fourth-order valence-corrected chi connectivity index (χ4v) is 3.51. The summed E-state index contributed by atoms with van der Waals surface area (Å²) in [5.74, 6) is 0.360. The zero-order chi connectivity index (χ0) is 19.1. The highest BCUT2D eigenvalue weighted by Crippen LogP contribution is 2.27. The number of anilines is 1. The lowest BCUT2D eigenvalue weighted by atomic mass is 9.99. The molecule has 1 aromatic carbocycles. The Morgan fingerprint density at radius 1 is 1.19 bits per heavy atom. The Morgan fingerprint density at radius 2 is 1.85 bits per heavy atom. The zero-order valence-corrected chi connectivity index (χ0v) is 16.1. The van der Waals surface area contributed by atoms with E-state index in [0.29, 0.717) is 25.4 Å². The molecule has 1 aliphatic carbocycles. The van der Waals surface area contributed by atoms with Crippen molar-refractivity contribution in [2.24, 2.45) is 11.7 Å². The van der Waals surface area contributed by atoms with E-state index >= 15 is 0 Å². The van der Waals surface area contributed by atoms with Crippen molar-refractivity contribution in [3.63, 3.8) is 0 Å². The number of rotatable bonds is 7. The van der Waals surface area contributed by atoms with E-state index in [1.165, 1.54) is 0 Å². The molecule has 26 heavy (non-hydrogen) atoms. The van der Waals surface area contributed by atoms with Crippen LogP contribution in [0.4, 0.5) is 10.5 Å². The number of urea groups is 1. The minimum Gasteiger partial charge on any atom is -0.350 e. The monoisotopic (exact) mass is 360 g/mol. The molecule has 1 saturated carbocycles. The predicted molar refractivity (Wildman–Crippen MR) is 105 cm³/mol. The van der Waals surface area contributed by atoms with E-state index in [1.54, 1.807) is 4.90 Å². The van der Waals surface area contributed by atoms with Gasteiger partial charge in [0.1, 0.15) is 0 Å². The second kappa shape index (κ2) is 9.57. The van der Waals surface area contributed by atoms with Gasteiger partial charge in [0.2, 0.25) is 5.91 Å². The molecule has 1 aliphatic rings. The number of amides is 3. The summed E-state index contributed by atoms with van der Waals surface area (Å²) in [6.45, 7) is 7.22. The normalized spacial score (nSPS) is 20.5. The summed E-state index contributed by atoms with van der Waals surface area (Å²) in [6, 6.07) is 7.58. The number of hydrogen-bond acceptors (Lipinski definition) is 3. The molecule has 1 fully saturated rings. The van der Waals surface area contributed by atoms with Crippen LogP contribution in [0.15, 0.2) is 24.3 Å². The lowest BCUT2D eigenvalue weighted by molar-refractivity contribution is -0.122. The maximum Gasteiger partial charge on any atom is 0.321 e. The van der Waals surface area contributed by atoms with E-state index in [9.17, 15) is 9.59 Å². The van der Waals surface area contributed by atoms with Crippen molar-refractivity contribution in [3.05, 3.63) is 29.8 Å². The van der Waals surface area contributed by atoms with Crippen molar-refractivity contribution in [3.8, 4) is 0 Å². The Labute approximate surface area is 156 Å². The molecule has 0 heterocycles. The molecule has 6 heteroatoms. The fourth-order valence-electron chi connectivity index (χ4n) is 3.51. The van der Waals surface area contributed by atoms with Gasteiger partial charge in [0.15, 0.2) is 0 Å². The highest BCUT2D eigenvalue weighted by Gasteiger charge is 2.26. The molecule has 0 bridgehead atoms. The number of carbonyl (C=O) groups is 2. The maximum atomic E-state index is 12.3. The van der Waals surface area contributed by atoms with Crippen molar-refractivity contribution in [1.29, 1.82) is 0 Å². The van der Waals surface area contributed by atoms with Crippen molar-refractivity contribution < 1.29 is 9.59 Å². The highest BCUT2D eigenvalue weighted by atomic mass is 16.2. The van der Waals surface area contributed by atoms with Gasteiger partial charge in [0, 0.05) is 31.2 Å². The molecule has 3 atom stereocenters. The third kappa shape index (κ3) is 5.46. The van der Waals surface area contributed by atoms with Gasteiger partial charge in [-0.1, -0.05) is 18.6 Å². The summed E-state index contributed by atoms with van der Waals surface area (Å²) in [4.78, 5) is 26.1. The molecule has 0 radical (unpaired) electrons. The van der Waals surface area contributed by atoms with Crippen molar-refractivity contribution in [1.82, 2.24) is 10.2 Å². The molecule has 0 aliphatic heterocycles. The van der Waals surface area contributed by atoms with Gasteiger partial charge >= 0.3 is 6.03 Å². The lowest BCUT2D eigenvalue weighted by Crippen LogP contribution is -2.34. The molecule has 0 spiro atoms. The molecule has 1 unspecified atom stereocenters. The average molecular weight is 361 g/mol. The Balaban J connectivity index is 1.86. The molecule has 6 nitrogen and oxygen atoms in total. The maximum absolute atomic E-state index is 12.3. The van der Waals surface area contributed by atoms with Crippen LogP contribution in [0, 0.1) is 5.92 Å². The first-order valence-corrected chi connectivity index (χ1v) is 9.65. The Kier molecular flexibility index (Phi) is 7.45. The number of nitrogens with two attached hydrogens (primary N) is 1. The van der Waals surface area contributed by atoms with E-state index < -0.39 is 0 Å². The van der Waals surface area contributed by atoms with Crippen molar-refractivity contribution >= 4 is 17.6 Å². The van der Waals surface area contributed by atoms with E-state index in [4.69, 9.17) is 5.73 Å². The summed E-state index contributed by atoms with van der Waals surface area (Å²) < 4.78 is 0. The molecular formula is C20H32N4O2. The van der Waals surface area contributed by atoms with Crippen LogP contribution in [0.1, 0.15) is 58.1 Å². The van der Waals surface area contributed by atoms with Crippen LogP contribution in [-0.2, 0) is 4.79 Å². The van der Waals surface area contributed by atoms with Gasteiger partial charge in [0.05, 0.1) is 6.04 Å². The minimum absolute atomic E-state index is 0.0544. The molecule has 3 amide bonds. The SMILES string of the molecule is CCN(CC)C(=O)Nc1ccc(C(C)NC(=O)C[C@@H]2CCC[C@H]2N)cc1. The van der Waals surface area contributed by atoms with Crippen LogP contribution in [0.5, 0.6) is 0 Å². The first kappa shape index (κ1) is 20.2. The number of hydrogen-bond donors (Lipinski definition) is 3. The second-order valence-corrected chi connectivity index (χ2v) is 7.07. The van der Waals surface area contributed by atoms with Gasteiger partial charge in [0.25, 0.3) is 0 Å². The van der Waals surface area contributed by atoms with Crippen LogP contribution >= 0.6 is 0 Å². The summed E-state index contributed by atoms with van der Waals surface area (Å²) in [6.07, 6.45) is 3.69. The van der Waals surface area contributed by atoms with Gasteiger partial charge < -0.3 is 21.3 Å². The second-order valence-electron chi connectivity index (χ2n) is 7.07. The van der Waals surface area contributed by atoms with Crippen molar-refractivity contribution in [2.75, 3.05) is 18.4 Å². The smallest absolute Gasteiger partial charge is 0.321 e. The van der Waals surface area contributed by atoms with Crippen LogP contribution < -0.4 is 16.4 Å². The Hall–Kier alpha value is -2.08. The van der Waals surface area contributed by atoms with Gasteiger partial charge in [-0.3, -0.25) is 4.79 Å². The number of carbonyl (C=O) groups excluding carboxylic acids is 2. The topological polar surface area (TPSA) is 87.5 Å². The molecule has 2 rings (SSSR count). The number of nitrogens with zero attached hydrogens (tertiary/aromatic N) is 1. The average Bonchev–Trinajstić information content (AvgIpc) is 3.01. The van der Waals surface area contributed by atoms with Crippen LogP contribution in [0.25, 0.3) is 0 Å². The van der Waals surface area contributed by atoms with Gasteiger partial charge in [-0.05, 0) is 57.2 Å². The van der Waals surface area contributed by atoms with Crippen LogP contribution in [0.2, 0.25) is 0 Å². The summed E-state index contributed by atoms with van der Waals surface area (Å²) in [7, 11) is 0. The predicted octanol–water partition coefficient (Wildman–Crippen LogP) is 3.26. The van der Waals surface area contributed by atoms with Gasteiger partial charge in [-0.2, -0.15) is 0 Å². The third-order valence-corrected chi connectivity index (χ3v) is 5.26. The van der Waals surface area contributed by atoms with E-state index in [1.807, 2.05) is 45.0 Å². The third-order valence-electron chi connectivity index (χ3n) is 5.26. The Bertz CT molecular complexity index is 598. The molecule has 0 aromatic heterocycles. The number of benzene rings is 1. The van der Waals surface area contributed by atoms with Gasteiger partial charge in [-0.25, -0.2) is 4.79 Å². The molecule has 144 valence electrons. The first-order valence-electron chi connectivity index (χ1n) is 9.65. The fraction of sp³-hybridized carbons (Fsp3) is 0.600. The lowest BCUT2D eigenvalue weighted by Gasteiger charge is -2.20. The van der Waals surface area contributed by atoms with Crippen LogP contribution in [-0.4, -0.2) is 36.0 Å². The van der Waals surface area contributed by atoms with Crippen molar-refractivity contribution in [2.45, 2.75) is 58.5 Å². The van der Waals surface area contributed by atoms with Gasteiger partial charge in [-0.15, -0.1) is 0 Å². The first-order chi connectivity index (χ1) is 12.4. The minimum atomic E-state index is -0.1000. The van der Waals surface area contributed by atoms with Crippen LogP contribution in [0.3, 0.4) is 0 Å².